The number of carbonyl (C=O) groups excluding carboxylic acids is 1. The van der Waals surface area contributed by atoms with Crippen molar-refractivity contribution in [3.8, 4) is 0 Å². The zero-order valence-electron chi connectivity index (χ0n) is 15.9. The molecule has 0 spiro atoms. The lowest BCUT2D eigenvalue weighted by atomic mass is 10.0. The fourth-order valence-corrected chi connectivity index (χ4v) is 2.81. The first-order chi connectivity index (χ1) is 13.6. The Labute approximate surface area is 166 Å². The van der Waals surface area contributed by atoms with Gasteiger partial charge in [-0.1, -0.05) is 97.6 Å². The molecule has 3 heteroatoms. The molecular formula is C25H23NO2. The van der Waals surface area contributed by atoms with Crippen LogP contribution in [0.2, 0.25) is 0 Å². The fourth-order valence-electron chi connectivity index (χ4n) is 2.81. The van der Waals surface area contributed by atoms with Gasteiger partial charge in [0.25, 0.3) is 0 Å². The third kappa shape index (κ3) is 5.04. The van der Waals surface area contributed by atoms with E-state index in [1.807, 2.05) is 97.9 Å². The highest BCUT2D eigenvalue weighted by Crippen LogP contribution is 2.23. The van der Waals surface area contributed by atoms with Crippen molar-refractivity contribution in [2.24, 2.45) is 4.99 Å². The Bertz CT molecular complexity index is 906. The molecule has 0 fully saturated rings. The molecule has 0 saturated heterocycles. The second-order valence-electron chi connectivity index (χ2n) is 6.59. The van der Waals surface area contributed by atoms with E-state index >= 15 is 0 Å². The summed E-state index contributed by atoms with van der Waals surface area (Å²) in [5.74, 6) is -0.390. The quantitative estimate of drug-likeness (QED) is 0.318. The maximum absolute atomic E-state index is 12.9. The third-order valence-corrected chi connectivity index (χ3v) is 4.15. The maximum atomic E-state index is 12.9. The van der Waals surface area contributed by atoms with Gasteiger partial charge in [-0.25, -0.2) is 4.79 Å². The van der Waals surface area contributed by atoms with Crippen LogP contribution in [0.5, 0.6) is 0 Å². The molecule has 0 saturated carbocycles. The van der Waals surface area contributed by atoms with E-state index in [4.69, 9.17) is 9.73 Å². The van der Waals surface area contributed by atoms with E-state index in [0.717, 1.165) is 28.0 Å². The third-order valence-electron chi connectivity index (χ3n) is 4.15. The summed E-state index contributed by atoms with van der Waals surface area (Å²) in [5, 5.41) is 0. The van der Waals surface area contributed by atoms with Gasteiger partial charge in [-0.3, -0.25) is 4.99 Å². The Morgan fingerprint density at radius 2 is 1.32 bits per heavy atom. The Morgan fingerprint density at radius 1 is 0.857 bits per heavy atom. The minimum atomic E-state index is -0.754. The number of esters is 1. The fraction of sp³-hybridized carbons (Fsp3) is 0.120. The molecule has 0 amide bonds. The van der Waals surface area contributed by atoms with Crippen LogP contribution in [0, 0.1) is 0 Å². The summed E-state index contributed by atoms with van der Waals surface area (Å²) in [4.78, 5) is 17.8. The van der Waals surface area contributed by atoms with Gasteiger partial charge >= 0.3 is 5.97 Å². The summed E-state index contributed by atoms with van der Waals surface area (Å²) in [6.45, 7) is 5.81. The van der Waals surface area contributed by atoms with Gasteiger partial charge < -0.3 is 4.74 Å². The van der Waals surface area contributed by atoms with Crippen LogP contribution in [0.3, 0.4) is 0 Å². The lowest BCUT2D eigenvalue weighted by Crippen LogP contribution is -2.18. The molecule has 28 heavy (non-hydrogen) atoms. The largest absolute Gasteiger partial charge is 0.459 e. The molecule has 0 aliphatic rings. The van der Waals surface area contributed by atoms with Gasteiger partial charge in [-0.2, -0.15) is 0 Å². The first-order valence-corrected chi connectivity index (χ1v) is 9.20. The molecule has 3 rings (SSSR count). The average molecular weight is 369 g/mol. The van der Waals surface area contributed by atoms with Gasteiger partial charge in [0.1, 0.15) is 6.61 Å². The molecule has 0 bridgehead atoms. The van der Waals surface area contributed by atoms with E-state index in [2.05, 4.69) is 6.58 Å². The van der Waals surface area contributed by atoms with Crippen LogP contribution in [0.4, 0.5) is 0 Å². The smallest absolute Gasteiger partial charge is 0.335 e. The van der Waals surface area contributed by atoms with Crippen molar-refractivity contribution in [3.05, 3.63) is 120 Å². The number of rotatable bonds is 7. The highest BCUT2D eigenvalue weighted by molar-refractivity contribution is 6.13. The van der Waals surface area contributed by atoms with Crippen LogP contribution in [-0.2, 0) is 9.53 Å². The van der Waals surface area contributed by atoms with Crippen molar-refractivity contribution < 1.29 is 9.53 Å². The summed E-state index contributed by atoms with van der Waals surface area (Å²) in [6.07, 6.45) is 0. The van der Waals surface area contributed by atoms with E-state index < -0.39 is 12.0 Å². The summed E-state index contributed by atoms with van der Waals surface area (Å²) in [5.41, 5.74) is 4.22. The number of aliphatic imine (C=N–C) groups is 1. The zero-order valence-corrected chi connectivity index (χ0v) is 15.9. The molecule has 3 aromatic rings. The zero-order chi connectivity index (χ0) is 19.8. The van der Waals surface area contributed by atoms with Gasteiger partial charge in [0.05, 0.1) is 5.71 Å². The van der Waals surface area contributed by atoms with Crippen LogP contribution in [0.1, 0.15) is 29.7 Å². The van der Waals surface area contributed by atoms with Crippen LogP contribution in [-0.4, -0.2) is 18.3 Å². The molecule has 0 aromatic heterocycles. The Balaban J connectivity index is 2.08. The van der Waals surface area contributed by atoms with Crippen molar-refractivity contribution in [1.82, 2.24) is 0 Å². The maximum Gasteiger partial charge on any atom is 0.335 e. The summed E-state index contributed by atoms with van der Waals surface area (Å²) < 4.78 is 5.45. The van der Waals surface area contributed by atoms with Gasteiger partial charge in [-0.15, -0.1) is 0 Å². The van der Waals surface area contributed by atoms with Crippen LogP contribution >= 0.6 is 0 Å². The molecule has 0 heterocycles. The van der Waals surface area contributed by atoms with Crippen molar-refractivity contribution in [3.63, 3.8) is 0 Å². The Kier molecular flexibility index (Phi) is 6.53. The topological polar surface area (TPSA) is 38.7 Å². The normalized spacial score (nSPS) is 11.3. The molecule has 3 aromatic carbocycles. The number of hydrogen-bond acceptors (Lipinski definition) is 3. The minimum Gasteiger partial charge on any atom is -0.459 e. The van der Waals surface area contributed by atoms with Gasteiger partial charge in [0.2, 0.25) is 0 Å². The van der Waals surface area contributed by atoms with Crippen LogP contribution in [0.15, 0.2) is 108 Å². The molecule has 3 nitrogen and oxygen atoms in total. The Hall–Kier alpha value is -3.46. The van der Waals surface area contributed by atoms with Crippen LogP contribution < -0.4 is 0 Å². The van der Waals surface area contributed by atoms with E-state index in [1.165, 1.54) is 0 Å². The first-order valence-electron chi connectivity index (χ1n) is 9.20. The van der Waals surface area contributed by atoms with E-state index in [-0.39, 0.29) is 6.61 Å². The molecule has 0 aliphatic carbocycles. The number of hydrogen-bond donors (Lipinski definition) is 0. The van der Waals surface area contributed by atoms with Gasteiger partial charge in [0.15, 0.2) is 6.04 Å². The predicted molar refractivity (Wildman–Crippen MR) is 113 cm³/mol. The molecule has 0 aliphatic heterocycles. The van der Waals surface area contributed by atoms with Crippen molar-refractivity contribution in [2.45, 2.75) is 13.0 Å². The lowest BCUT2D eigenvalue weighted by molar-refractivity contribution is -0.144. The second-order valence-corrected chi connectivity index (χ2v) is 6.59. The SMILES string of the molecule is C=C(C)COC(=O)C(N=C(c1ccccc1)c1ccccc1)c1ccccc1. The Morgan fingerprint density at radius 3 is 1.79 bits per heavy atom. The number of benzene rings is 3. The molecule has 140 valence electrons. The first kappa shape index (κ1) is 19.3. The molecule has 1 unspecified atom stereocenters. The lowest BCUT2D eigenvalue weighted by Gasteiger charge is -2.16. The minimum absolute atomic E-state index is 0.184. The molecule has 0 radical (unpaired) electrons. The monoisotopic (exact) mass is 369 g/mol. The van der Waals surface area contributed by atoms with Crippen molar-refractivity contribution in [1.29, 1.82) is 0 Å². The number of nitrogens with zero attached hydrogens (tertiary/aromatic N) is 1. The predicted octanol–water partition coefficient (Wildman–Crippen LogP) is 5.38. The van der Waals surface area contributed by atoms with Crippen LogP contribution in [0.25, 0.3) is 0 Å². The number of ether oxygens (including phenoxy) is 1. The van der Waals surface area contributed by atoms with E-state index in [9.17, 15) is 4.79 Å². The molecule has 1 atom stereocenters. The van der Waals surface area contributed by atoms with Gasteiger partial charge in [0, 0.05) is 11.1 Å². The highest BCUT2D eigenvalue weighted by atomic mass is 16.5. The molecular weight excluding hydrogens is 346 g/mol. The van der Waals surface area contributed by atoms with Crippen molar-refractivity contribution >= 4 is 11.7 Å². The second kappa shape index (κ2) is 9.47. The standard InChI is InChI=1S/C25H23NO2/c1-19(2)18-28-25(27)24(22-16-10-5-11-17-22)26-23(20-12-6-3-7-13-20)21-14-8-4-9-15-21/h3-17,24H,1,18H2,2H3. The summed E-state index contributed by atoms with van der Waals surface area (Å²) in [7, 11) is 0. The van der Waals surface area contributed by atoms with E-state index in [0.29, 0.717) is 0 Å². The summed E-state index contributed by atoms with van der Waals surface area (Å²) in [6, 6.07) is 28.5. The van der Waals surface area contributed by atoms with Crippen molar-refractivity contribution in [2.75, 3.05) is 6.61 Å². The molecule has 0 N–H and O–H groups in total. The number of carbonyl (C=O) groups is 1. The van der Waals surface area contributed by atoms with E-state index in [1.54, 1.807) is 0 Å². The highest BCUT2D eigenvalue weighted by Gasteiger charge is 2.23. The average Bonchev–Trinajstić information content (AvgIpc) is 2.74. The summed E-state index contributed by atoms with van der Waals surface area (Å²) >= 11 is 0. The van der Waals surface area contributed by atoms with Gasteiger partial charge in [-0.05, 0) is 18.1 Å².